The summed E-state index contributed by atoms with van der Waals surface area (Å²) in [4.78, 5) is 0. The van der Waals surface area contributed by atoms with Crippen LogP contribution in [0.2, 0.25) is 14.2 Å². The molecule has 121 valence electrons. The maximum atomic E-state index is 4.16. The van der Waals surface area contributed by atoms with Gasteiger partial charge in [-0.05, 0) is 0 Å². The summed E-state index contributed by atoms with van der Waals surface area (Å²) in [6.45, 7) is 14.2. The number of rotatable bonds is 2. The van der Waals surface area contributed by atoms with Crippen molar-refractivity contribution in [1.29, 1.82) is 0 Å². The molecule has 5 heteroatoms. The third-order valence-corrected chi connectivity index (χ3v) is 28.2. The van der Waals surface area contributed by atoms with Crippen molar-refractivity contribution >= 4 is 32.4 Å². The molecule has 0 amide bonds. The molecule has 1 aliphatic rings. The van der Waals surface area contributed by atoms with Crippen molar-refractivity contribution in [2.75, 3.05) is 0 Å². The summed E-state index contributed by atoms with van der Waals surface area (Å²) >= 11 is -3.49. The van der Waals surface area contributed by atoms with E-state index in [9.17, 15) is 0 Å². The largest absolute Gasteiger partial charge is 0.147 e. The number of nitrogens with one attached hydrogen (secondary N) is 1. The van der Waals surface area contributed by atoms with Gasteiger partial charge < -0.3 is 0 Å². The second kappa shape index (κ2) is 5.54. The first-order chi connectivity index (χ1) is 7.62. The first kappa shape index (κ1) is 23.2. The zero-order chi connectivity index (χ0) is 14.5. The summed E-state index contributed by atoms with van der Waals surface area (Å²) < 4.78 is 6.10. The van der Waals surface area contributed by atoms with E-state index in [0.29, 0.717) is 0 Å². The van der Waals surface area contributed by atoms with Gasteiger partial charge in [0.1, 0.15) is 0 Å². The fraction of sp³-hybridized carbons (Fsp3) is 0.733. The van der Waals surface area contributed by atoms with Crippen LogP contribution in [0.3, 0.4) is 0 Å². The first-order valence-electron chi connectivity index (χ1n) is 7.07. The van der Waals surface area contributed by atoms with Crippen LogP contribution in [0.4, 0.5) is 0 Å². The summed E-state index contributed by atoms with van der Waals surface area (Å²) in [5, 5.41) is 5.14. The van der Waals surface area contributed by atoms with Crippen LogP contribution in [0.25, 0.3) is 0 Å². The van der Waals surface area contributed by atoms with E-state index in [1.165, 1.54) is 0 Å². The van der Waals surface area contributed by atoms with E-state index < -0.39 is 13.0 Å². The van der Waals surface area contributed by atoms with Crippen LogP contribution in [0.15, 0.2) is 22.1 Å². The standard InChI is InChI=1S/C5H5.C4H10N.C4H9.2CH3.2ClH.H2Si.Ti/c1-2-4-5-3-1;1-4(2,3)5;1-4(2)3;;;;;;/h1-3H,4H2;5H,1-3H3;1-3H3;2*1H3;2*1H;1H2;/q;-1;;;;;;;+1. The van der Waals surface area contributed by atoms with Gasteiger partial charge in [0.05, 0.1) is 0 Å². The summed E-state index contributed by atoms with van der Waals surface area (Å²) in [6, 6.07) is 0. The van der Waals surface area contributed by atoms with Gasteiger partial charge in [0.15, 0.2) is 0 Å². The van der Waals surface area contributed by atoms with Gasteiger partial charge in [0, 0.05) is 0 Å². The summed E-state index contributed by atoms with van der Waals surface area (Å²) in [5.74, 6) is 0. The van der Waals surface area contributed by atoms with Crippen LogP contribution in [-0.4, -0.2) is 13.2 Å². The second-order valence-corrected chi connectivity index (χ2v) is 34.8. The maximum absolute atomic E-state index is 4.16. The van der Waals surface area contributed by atoms with Gasteiger partial charge in [0.2, 0.25) is 0 Å². The molecule has 1 nitrogen and oxygen atoms in total. The Kier molecular flexibility index (Phi) is 6.44. The van der Waals surface area contributed by atoms with Gasteiger partial charge in [-0.25, -0.2) is 0 Å². The molecule has 1 aliphatic carbocycles. The van der Waals surface area contributed by atoms with Gasteiger partial charge in [0.25, 0.3) is 0 Å². The molecule has 0 radical (unpaired) electrons. The summed E-state index contributed by atoms with van der Waals surface area (Å²) in [7, 11) is 2.30. The molecule has 0 bridgehead atoms. The number of allylic oxidation sites excluding steroid dienone is 4. The van der Waals surface area contributed by atoms with Crippen molar-refractivity contribution in [3.63, 3.8) is 0 Å². The van der Waals surface area contributed by atoms with Crippen LogP contribution in [0, 0.1) is 0 Å². The Balaban J connectivity index is 0. The Bertz CT molecular complexity index is 513. The molecule has 0 atom stereocenters. The SMILES string of the molecule is CC(C)(C)[NH][Ti]([CH3])([CH3])(=[SiH2])([C]1=CC=CC1)[C](C)(C)C.Cl.Cl. The van der Waals surface area contributed by atoms with Gasteiger partial charge in [-0.3, -0.25) is 0 Å². The molecule has 0 heterocycles. The van der Waals surface area contributed by atoms with E-state index in [1.54, 1.807) is 3.88 Å². The van der Waals surface area contributed by atoms with Crippen LogP contribution in [-0.2, 0) is 13.0 Å². The molecule has 0 aliphatic heterocycles. The fourth-order valence-electron chi connectivity index (χ4n) is 3.27. The van der Waals surface area contributed by atoms with E-state index in [0.717, 1.165) is 6.42 Å². The third kappa shape index (κ3) is 3.64. The Morgan fingerprint density at radius 1 is 1.05 bits per heavy atom. The van der Waals surface area contributed by atoms with Crippen molar-refractivity contribution in [1.82, 2.24) is 3.80 Å². The van der Waals surface area contributed by atoms with Crippen molar-refractivity contribution in [3.8, 4) is 0 Å². The molecule has 0 aromatic rings. The van der Waals surface area contributed by atoms with E-state index >= 15 is 0 Å². The average molecular weight is 375 g/mol. The predicted molar refractivity (Wildman–Crippen MR) is 99.2 cm³/mol. The molecule has 0 saturated carbocycles. The Hall–Kier alpha value is 0.951. The topological polar surface area (TPSA) is 12.0 Å². The quantitative estimate of drug-likeness (QED) is 0.665. The Morgan fingerprint density at radius 2 is 1.50 bits per heavy atom. The summed E-state index contributed by atoms with van der Waals surface area (Å²) in [6.07, 6.45) is 8.04. The van der Waals surface area contributed by atoms with Crippen molar-refractivity contribution in [3.05, 3.63) is 22.1 Å². The van der Waals surface area contributed by atoms with Crippen molar-refractivity contribution in [2.24, 2.45) is 0 Å². The van der Waals surface area contributed by atoms with Gasteiger partial charge in [-0.2, -0.15) is 0 Å². The molecule has 0 unspecified atom stereocenters. The molecule has 0 aromatic heterocycles. The zero-order valence-electron chi connectivity index (χ0n) is 14.5. The van der Waals surface area contributed by atoms with Gasteiger partial charge in [-0.1, -0.05) is 0 Å². The minimum atomic E-state index is -3.49. The minimum absolute atomic E-state index is 0. The van der Waals surface area contributed by atoms with Crippen LogP contribution >= 0.6 is 24.8 Å². The van der Waals surface area contributed by atoms with E-state index in [-0.39, 0.29) is 34.1 Å². The monoisotopic (exact) mass is 374 g/mol. The maximum Gasteiger partial charge on any atom is -0.147 e. The zero-order valence-corrected chi connectivity index (χ0v) is 19.1. The van der Waals surface area contributed by atoms with Crippen molar-refractivity contribution < 1.29 is 13.0 Å². The molecule has 0 spiro atoms. The summed E-state index contributed by atoms with van der Waals surface area (Å²) in [5.41, 5.74) is 0.145. The molecule has 0 saturated heterocycles. The fourth-order valence-corrected chi connectivity index (χ4v) is 15.7. The molecular formula is C15H34Cl2NSiTi. The molecular weight excluding hydrogens is 341 g/mol. The van der Waals surface area contributed by atoms with Crippen LogP contribution in [0.5, 0.6) is 0 Å². The van der Waals surface area contributed by atoms with E-state index in [4.69, 9.17) is 0 Å². The molecule has 0 aromatic carbocycles. The number of halogens is 2. The molecule has 1 rings (SSSR count). The normalized spacial score (nSPS) is 19.3. The van der Waals surface area contributed by atoms with Gasteiger partial charge >= 0.3 is 114 Å². The third-order valence-electron chi connectivity index (χ3n) is 5.58. The van der Waals surface area contributed by atoms with E-state index in [2.05, 4.69) is 81.7 Å². The smallest absolute Gasteiger partial charge is 0.147 e. The minimum Gasteiger partial charge on any atom is -0.147 e. The molecule has 0 fully saturated rings. The van der Waals surface area contributed by atoms with E-state index in [1.807, 2.05) is 0 Å². The molecule has 20 heavy (non-hydrogen) atoms. The predicted octanol–water partition coefficient (Wildman–Crippen LogP) is 5.06. The Labute approximate surface area is 138 Å². The van der Waals surface area contributed by atoms with Crippen molar-refractivity contribution in [2.45, 2.75) is 67.7 Å². The second-order valence-electron chi connectivity index (χ2n) is 9.56. The average Bonchev–Trinajstić information content (AvgIpc) is 2.46. The number of hydrogen-bond donors (Lipinski definition) is 1. The number of hydrogen-bond acceptors (Lipinski definition) is 1. The molecule has 1 N–H and O–H groups in total. The van der Waals surface area contributed by atoms with Gasteiger partial charge in [-0.15, -0.1) is 24.8 Å². The van der Waals surface area contributed by atoms with Crippen LogP contribution < -0.4 is 3.80 Å². The first-order valence-corrected chi connectivity index (χ1v) is 16.6. The van der Waals surface area contributed by atoms with Crippen LogP contribution in [0.1, 0.15) is 48.0 Å². The Morgan fingerprint density at radius 3 is 1.75 bits per heavy atom.